The predicted octanol–water partition coefficient (Wildman–Crippen LogP) is 3.28. The van der Waals surface area contributed by atoms with Crippen LogP contribution in [0.15, 0.2) is 6.07 Å². The van der Waals surface area contributed by atoms with Crippen molar-refractivity contribution in [1.29, 1.82) is 0 Å². The highest BCUT2D eigenvalue weighted by atomic mass is 35.5. The minimum atomic E-state index is -1.22. The normalized spacial score (nSPS) is 11.4. The molecule has 0 heterocycles. The second kappa shape index (κ2) is 5.10. The van der Waals surface area contributed by atoms with Gasteiger partial charge in [0.15, 0.2) is 11.6 Å². The monoisotopic (exact) mass is 278 g/mol. The molecule has 0 saturated heterocycles. The van der Waals surface area contributed by atoms with Crippen LogP contribution in [-0.2, 0) is 11.2 Å². The molecule has 100 valence electrons. The Morgan fingerprint density at radius 2 is 2.00 bits per heavy atom. The smallest absolute Gasteiger partial charge is 0.309 e. The quantitative estimate of drug-likeness (QED) is 0.860. The molecule has 0 saturated carbocycles. The van der Waals surface area contributed by atoms with Gasteiger partial charge in [0, 0.05) is 0 Å². The number of carboxylic acid groups (broad SMARTS) is 1. The molecule has 3 nitrogen and oxygen atoms in total. The first-order valence-electron chi connectivity index (χ1n) is 5.14. The van der Waals surface area contributed by atoms with Crippen molar-refractivity contribution in [2.45, 2.75) is 20.3 Å². The van der Waals surface area contributed by atoms with Gasteiger partial charge >= 0.3 is 5.97 Å². The third-order valence-electron chi connectivity index (χ3n) is 2.61. The number of carboxylic acids is 1. The second-order valence-corrected chi connectivity index (χ2v) is 4.95. The van der Waals surface area contributed by atoms with E-state index in [-0.39, 0.29) is 22.8 Å². The molecule has 0 bridgehead atoms. The molecule has 0 radical (unpaired) electrons. The van der Waals surface area contributed by atoms with Crippen molar-refractivity contribution in [3.8, 4) is 5.75 Å². The van der Waals surface area contributed by atoms with Crippen LogP contribution in [-0.4, -0.2) is 18.2 Å². The molecule has 0 fully saturated rings. The Morgan fingerprint density at radius 3 is 2.44 bits per heavy atom. The van der Waals surface area contributed by atoms with Crippen molar-refractivity contribution in [1.82, 2.24) is 0 Å². The maximum absolute atomic E-state index is 13.7. The van der Waals surface area contributed by atoms with Crippen molar-refractivity contribution in [2.24, 2.45) is 5.41 Å². The van der Waals surface area contributed by atoms with Crippen LogP contribution in [0.4, 0.5) is 8.78 Å². The van der Waals surface area contributed by atoms with Crippen molar-refractivity contribution in [2.75, 3.05) is 7.11 Å². The fraction of sp³-hybridized carbons (Fsp3) is 0.417. The minimum absolute atomic E-state index is 0.0902. The van der Waals surface area contributed by atoms with Crippen molar-refractivity contribution < 1.29 is 23.4 Å². The number of halogens is 3. The molecular formula is C12H13ClF2O3. The third kappa shape index (κ3) is 2.72. The van der Waals surface area contributed by atoms with E-state index in [0.717, 1.165) is 0 Å². The average molecular weight is 279 g/mol. The van der Waals surface area contributed by atoms with Gasteiger partial charge in [0.1, 0.15) is 0 Å². The summed E-state index contributed by atoms with van der Waals surface area (Å²) in [5, 5.41) is 8.87. The number of methoxy groups -OCH3 is 1. The molecule has 0 atom stereocenters. The Hall–Kier alpha value is -1.36. The summed E-state index contributed by atoms with van der Waals surface area (Å²) in [6, 6.07) is 1.18. The highest BCUT2D eigenvalue weighted by molar-refractivity contribution is 6.32. The second-order valence-electron chi connectivity index (χ2n) is 4.54. The van der Waals surface area contributed by atoms with Gasteiger partial charge in [0.2, 0.25) is 5.82 Å². The summed E-state index contributed by atoms with van der Waals surface area (Å²) >= 11 is 5.74. The third-order valence-corrected chi connectivity index (χ3v) is 2.89. The molecule has 0 spiro atoms. The van der Waals surface area contributed by atoms with Gasteiger partial charge in [0.05, 0.1) is 17.5 Å². The van der Waals surface area contributed by atoms with E-state index in [9.17, 15) is 13.6 Å². The maximum atomic E-state index is 13.7. The lowest BCUT2D eigenvalue weighted by Gasteiger charge is -2.20. The first-order valence-corrected chi connectivity index (χ1v) is 5.52. The van der Waals surface area contributed by atoms with Crippen LogP contribution >= 0.6 is 11.6 Å². The van der Waals surface area contributed by atoms with Crippen LogP contribution in [0.2, 0.25) is 5.02 Å². The fourth-order valence-electron chi connectivity index (χ4n) is 1.49. The Labute approximate surface area is 108 Å². The molecule has 1 N–H and O–H groups in total. The number of carbonyl (C=O) groups is 1. The van der Waals surface area contributed by atoms with E-state index >= 15 is 0 Å². The Bertz CT molecular complexity index is 487. The van der Waals surface area contributed by atoms with Crippen molar-refractivity contribution >= 4 is 17.6 Å². The summed E-state index contributed by atoms with van der Waals surface area (Å²) in [4.78, 5) is 11.0. The standard InChI is InChI=1S/C12H13ClF2O3/c1-12(2,11(16)17)5-6-4-7(13)10(18-3)9(15)8(6)14/h4H,5H2,1-3H3,(H,16,17). The number of benzene rings is 1. The van der Waals surface area contributed by atoms with Gasteiger partial charge in [-0.1, -0.05) is 11.6 Å². The van der Waals surface area contributed by atoms with Gasteiger partial charge in [-0.3, -0.25) is 4.79 Å². The zero-order chi connectivity index (χ0) is 14.1. The van der Waals surface area contributed by atoms with Gasteiger partial charge in [-0.2, -0.15) is 4.39 Å². The average Bonchev–Trinajstić information content (AvgIpc) is 2.25. The molecule has 0 amide bonds. The Kier molecular flexibility index (Phi) is 4.16. The van der Waals surface area contributed by atoms with Crippen LogP contribution < -0.4 is 4.74 Å². The molecule has 1 aromatic carbocycles. The summed E-state index contributed by atoms with van der Waals surface area (Å²) in [6.07, 6.45) is -0.172. The number of ether oxygens (including phenoxy) is 1. The number of rotatable bonds is 4. The lowest BCUT2D eigenvalue weighted by molar-refractivity contribution is -0.146. The van der Waals surface area contributed by atoms with E-state index in [1.807, 2.05) is 0 Å². The van der Waals surface area contributed by atoms with Gasteiger partial charge in [-0.15, -0.1) is 0 Å². The molecule has 0 unspecified atom stereocenters. The van der Waals surface area contributed by atoms with E-state index in [1.54, 1.807) is 0 Å². The highest BCUT2D eigenvalue weighted by Crippen LogP contribution is 2.34. The highest BCUT2D eigenvalue weighted by Gasteiger charge is 2.30. The first-order chi connectivity index (χ1) is 8.20. The van der Waals surface area contributed by atoms with Gasteiger partial charge in [0.25, 0.3) is 0 Å². The van der Waals surface area contributed by atoms with E-state index in [2.05, 4.69) is 4.74 Å². The van der Waals surface area contributed by atoms with Gasteiger partial charge in [-0.25, -0.2) is 4.39 Å². The molecule has 1 rings (SSSR count). The molecule has 0 aromatic heterocycles. The largest absolute Gasteiger partial charge is 0.492 e. The Morgan fingerprint density at radius 1 is 1.44 bits per heavy atom. The molecule has 6 heteroatoms. The maximum Gasteiger partial charge on any atom is 0.309 e. The lowest BCUT2D eigenvalue weighted by atomic mass is 9.85. The van der Waals surface area contributed by atoms with Crippen LogP contribution in [0.25, 0.3) is 0 Å². The molecule has 18 heavy (non-hydrogen) atoms. The van der Waals surface area contributed by atoms with E-state index in [1.165, 1.54) is 27.0 Å². The first kappa shape index (κ1) is 14.7. The van der Waals surface area contributed by atoms with E-state index in [0.29, 0.717) is 0 Å². The van der Waals surface area contributed by atoms with Crippen LogP contribution in [0, 0.1) is 17.0 Å². The molecular weight excluding hydrogens is 266 g/mol. The van der Waals surface area contributed by atoms with E-state index < -0.39 is 23.0 Å². The summed E-state index contributed by atoms with van der Waals surface area (Å²) < 4.78 is 31.9. The predicted molar refractivity (Wildman–Crippen MR) is 63.0 cm³/mol. The lowest BCUT2D eigenvalue weighted by Crippen LogP contribution is -2.26. The van der Waals surface area contributed by atoms with Crippen LogP contribution in [0.5, 0.6) is 5.75 Å². The summed E-state index contributed by atoms with van der Waals surface area (Å²) in [5.74, 6) is -3.83. The summed E-state index contributed by atoms with van der Waals surface area (Å²) in [5.41, 5.74) is -1.31. The summed E-state index contributed by atoms with van der Waals surface area (Å²) in [7, 11) is 1.17. The number of aliphatic carboxylic acids is 1. The van der Waals surface area contributed by atoms with Crippen LogP contribution in [0.1, 0.15) is 19.4 Å². The molecule has 0 aliphatic carbocycles. The fourth-order valence-corrected chi connectivity index (χ4v) is 1.79. The molecule has 0 aliphatic rings. The van der Waals surface area contributed by atoms with Gasteiger partial charge in [-0.05, 0) is 31.9 Å². The van der Waals surface area contributed by atoms with E-state index in [4.69, 9.17) is 16.7 Å². The van der Waals surface area contributed by atoms with Crippen molar-refractivity contribution in [3.05, 3.63) is 28.3 Å². The number of hydrogen-bond donors (Lipinski definition) is 1. The zero-order valence-corrected chi connectivity index (χ0v) is 10.9. The van der Waals surface area contributed by atoms with Crippen LogP contribution in [0.3, 0.4) is 0 Å². The van der Waals surface area contributed by atoms with Gasteiger partial charge < -0.3 is 9.84 Å². The minimum Gasteiger partial charge on any atom is -0.492 e. The molecule has 0 aliphatic heterocycles. The van der Waals surface area contributed by atoms with Crippen molar-refractivity contribution in [3.63, 3.8) is 0 Å². The zero-order valence-electron chi connectivity index (χ0n) is 10.2. The Balaban J connectivity index is 3.24. The topological polar surface area (TPSA) is 46.5 Å². The summed E-state index contributed by atoms with van der Waals surface area (Å²) in [6.45, 7) is 2.84. The number of hydrogen-bond acceptors (Lipinski definition) is 2. The SMILES string of the molecule is COc1c(Cl)cc(CC(C)(C)C(=O)O)c(F)c1F. The molecule has 1 aromatic rings.